The molecule has 0 heterocycles. The summed E-state index contributed by atoms with van der Waals surface area (Å²) >= 11 is 0. The second-order valence-electron chi connectivity index (χ2n) is 7.53. The first kappa shape index (κ1) is 18.1. The van der Waals surface area contributed by atoms with Gasteiger partial charge in [-0.15, -0.1) is 0 Å². The minimum atomic E-state index is -1.50. The number of carboxylic acid groups (broad SMARTS) is 1. The van der Waals surface area contributed by atoms with E-state index in [0.717, 1.165) is 24.1 Å². The summed E-state index contributed by atoms with van der Waals surface area (Å²) in [6.45, 7) is 17.0. The summed E-state index contributed by atoms with van der Waals surface area (Å²) in [4.78, 5) is 11.6. The van der Waals surface area contributed by atoms with Crippen LogP contribution < -0.4 is 0 Å². The first-order valence-corrected chi connectivity index (χ1v) is 14.5. The monoisotopic (exact) mass is 323 g/mol. The molecule has 0 aliphatic rings. The summed E-state index contributed by atoms with van der Waals surface area (Å²) in [5.41, 5.74) is 2.64. The van der Waals surface area contributed by atoms with Crippen molar-refractivity contribution < 1.29 is 9.90 Å². The first-order chi connectivity index (χ1) is 9.48. The van der Waals surface area contributed by atoms with E-state index in [1.807, 2.05) is 6.07 Å². The maximum Gasteiger partial charge on any atom is 0.336 e. The highest BCUT2D eigenvalue weighted by Crippen LogP contribution is 2.26. The van der Waals surface area contributed by atoms with Crippen LogP contribution in [0.4, 0.5) is 0 Å². The molecule has 0 fully saturated rings. The molecule has 0 amide bonds. The molecule has 1 aromatic carbocycles. The van der Waals surface area contributed by atoms with Gasteiger partial charge < -0.3 is 9.34 Å². The quantitative estimate of drug-likeness (QED) is 0.788. The molecule has 0 atom stereocenters. The van der Waals surface area contributed by atoms with Crippen molar-refractivity contribution in [2.75, 3.05) is 0 Å². The molecule has 0 spiro atoms. The minimum Gasteiger partial charge on any atom is -0.478 e. The summed E-state index contributed by atoms with van der Waals surface area (Å²) in [7, 11) is -2.99. The van der Waals surface area contributed by atoms with Gasteiger partial charge in [-0.3, -0.25) is 0 Å². The molecule has 0 saturated carbocycles. The zero-order chi connectivity index (χ0) is 16.4. The van der Waals surface area contributed by atoms with E-state index in [1.165, 1.54) is 0 Å². The normalized spacial score (nSPS) is 12.8. The standard InChI is InChI=1S/C16H29NO2Si2/c1-8-13-10-9-11-14(16(18)19)15(13)12-17(20(2,3)4)21(5,6)7/h9-11H,8,12H2,1-7H3,(H,18,19). The second-order valence-corrected chi connectivity index (χ2v) is 17.7. The molecule has 0 saturated heterocycles. The van der Waals surface area contributed by atoms with Crippen molar-refractivity contribution >= 4 is 22.4 Å². The molecule has 3 nitrogen and oxygen atoms in total. The van der Waals surface area contributed by atoms with E-state index in [9.17, 15) is 9.90 Å². The maximum absolute atomic E-state index is 11.6. The first-order valence-electron chi connectivity index (χ1n) is 7.60. The van der Waals surface area contributed by atoms with Gasteiger partial charge >= 0.3 is 5.97 Å². The van der Waals surface area contributed by atoms with Gasteiger partial charge in [0.05, 0.1) is 5.56 Å². The van der Waals surface area contributed by atoms with E-state index in [4.69, 9.17) is 0 Å². The average molecular weight is 324 g/mol. The van der Waals surface area contributed by atoms with Crippen molar-refractivity contribution in [3.8, 4) is 0 Å². The van der Waals surface area contributed by atoms with Crippen molar-refractivity contribution in [1.29, 1.82) is 0 Å². The Kier molecular flexibility index (Phi) is 5.58. The second kappa shape index (κ2) is 6.46. The predicted octanol–water partition coefficient (Wildman–Crippen LogP) is 4.42. The van der Waals surface area contributed by atoms with Crippen LogP contribution in [0.3, 0.4) is 0 Å². The molecule has 118 valence electrons. The van der Waals surface area contributed by atoms with Gasteiger partial charge in [-0.25, -0.2) is 4.79 Å². The van der Waals surface area contributed by atoms with E-state index < -0.39 is 22.4 Å². The smallest absolute Gasteiger partial charge is 0.336 e. The predicted molar refractivity (Wildman–Crippen MR) is 95.0 cm³/mol. The molecular weight excluding hydrogens is 294 g/mol. The molecular formula is C16H29NO2Si2. The molecule has 0 aromatic heterocycles. The molecule has 0 aliphatic carbocycles. The van der Waals surface area contributed by atoms with Crippen molar-refractivity contribution in [2.45, 2.75) is 59.2 Å². The Bertz CT molecular complexity index is 502. The lowest BCUT2D eigenvalue weighted by Crippen LogP contribution is -2.58. The Morgan fingerprint density at radius 2 is 1.62 bits per heavy atom. The van der Waals surface area contributed by atoms with E-state index in [2.05, 4.69) is 56.5 Å². The van der Waals surface area contributed by atoms with Gasteiger partial charge in [-0.05, 0) is 23.6 Å². The lowest BCUT2D eigenvalue weighted by Gasteiger charge is -2.44. The Morgan fingerprint density at radius 1 is 1.10 bits per heavy atom. The Hall–Kier alpha value is -0.916. The van der Waals surface area contributed by atoms with Crippen molar-refractivity contribution in [3.63, 3.8) is 0 Å². The van der Waals surface area contributed by atoms with Crippen LogP contribution >= 0.6 is 0 Å². The summed E-state index contributed by atoms with van der Waals surface area (Å²) < 4.78 is 2.64. The SMILES string of the molecule is CCc1cccc(C(=O)O)c1CN([Si](C)(C)C)[Si](C)(C)C. The van der Waals surface area contributed by atoms with E-state index in [1.54, 1.807) is 6.07 Å². The number of aromatic carboxylic acids is 1. The summed E-state index contributed by atoms with van der Waals surface area (Å²) in [6, 6.07) is 5.66. The van der Waals surface area contributed by atoms with Gasteiger partial charge in [0.15, 0.2) is 0 Å². The fourth-order valence-corrected chi connectivity index (χ4v) is 12.3. The van der Waals surface area contributed by atoms with E-state index in [-0.39, 0.29) is 0 Å². The van der Waals surface area contributed by atoms with Crippen LogP contribution in [0.5, 0.6) is 0 Å². The highest BCUT2D eigenvalue weighted by molar-refractivity contribution is 6.89. The number of carbonyl (C=O) groups is 1. The highest BCUT2D eigenvalue weighted by Gasteiger charge is 2.35. The topological polar surface area (TPSA) is 40.5 Å². The maximum atomic E-state index is 11.6. The summed E-state index contributed by atoms with van der Waals surface area (Å²) in [5.74, 6) is -0.814. The van der Waals surface area contributed by atoms with Crippen LogP contribution in [0.25, 0.3) is 0 Å². The third-order valence-electron chi connectivity index (χ3n) is 3.82. The molecule has 21 heavy (non-hydrogen) atoms. The van der Waals surface area contributed by atoms with Crippen molar-refractivity contribution in [1.82, 2.24) is 4.23 Å². The molecule has 5 heteroatoms. The van der Waals surface area contributed by atoms with Gasteiger partial charge in [-0.2, -0.15) is 0 Å². The van der Waals surface area contributed by atoms with E-state index >= 15 is 0 Å². The van der Waals surface area contributed by atoms with Crippen LogP contribution in [-0.2, 0) is 13.0 Å². The van der Waals surface area contributed by atoms with Gasteiger partial charge in [-0.1, -0.05) is 58.3 Å². The Balaban J connectivity index is 3.36. The Labute approximate surface area is 131 Å². The minimum absolute atomic E-state index is 0.468. The van der Waals surface area contributed by atoms with Crippen LogP contribution in [0.1, 0.15) is 28.4 Å². The highest BCUT2D eigenvalue weighted by atomic mass is 28.4. The Morgan fingerprint density at radius 3 is 2.00 bits per heavy atom. The zero-order valence-electron chi connectivity index (χ0n) is 14.4. The van der Waals surface area contributed by atoms with Gasteiger partial charge in [0.2, 0.25) is 0 Å². The molecule has 0 bridgehead atoms. The number of hydrogen-bond donors (Lipinski definition) is 1. The number of nitrogens with zero attached hydrogens (tertiary/aromatic N) is 1. The molecule has 0 unspecified atom stereocenters. The molecule has 1 rings (SSSR count). The third kappa shape index (κ3) is 4.53. The van der Waals surface area contributed by atoms with Crippen molar-refractivity contribution in [2.24, 2.45) is 0 Å². The zero-order valence-corrected chi connectivity index (χ0v) is 16.4. The molecule has 0 radical (unpaired) electrons. The average Bonchev–Trinajstić information content (AvgIpc) is 2.32. The molecule has 1 aromatic rings. The largest absolute Gasteiger partial charge is 0.478 e. The lowest BCUT2D eigenvalue weighted by molar-refractivity contribution is 0.0695. The van der Waals surface area contributed by atoms with Gasteiger partial charge in [0.1, 0.15) is 16.5 Å². The number of benzene rings is 1. The number of rotatable bonds is 6. The van der Waals surface area contributed by atoms with Crippen LogP contribution in [0, 0.1) is 0 Å². The fourth-order valence-electron chi connectivity index (χ4n) is 2.99. The lowest BCUT2D eigenvalue weighted by atomic mass is 9.99. The fraction of sp³-hybridized carbons (Fsp3) is 0.562. The summed E-state index contributed by atoms with van der Waals surface area (Å²) in [5, 5.41) is 9.51. The molecule has 1 N–H and O–H groups in total. The molecule has 0 aliphatic heterocycles. The van der Waals surface area contributed by atoms with Crippen LogP contribution in [0.15, 0.2) is 18.2 Å². The van der Waals surface area contributed by atoms with E-state index in [0.29, 0.717) is 5.56 Å². The van der Waals surface area contributed by atoms with Crippen LogP contribution in [0.2, 0.25) is 39.3 Å². The third-order valence-corrected chi connectivity index (χ3v) is 11.4. The summed E-state index contributed by atoms with van der Waals surface area (Å²) in [6.07, 6.45) is 0.877. The van der Waals surface area contributed by atoms with Gasteiger partial charge in [0.25, 0.3) is 0 Å². The number of hydrogen-bond acceptors (Lipinski definition) is 2. The van der Waals surface area contributed by atoms with Crippen molar-refractivity contribution in [3.05, 3.63) is 34.9 Å². The number of carboxylic acids is 1. The van der Waals surface area contributed by atoms with Gasteiger partial charge in [0, 0.05) is 6.54 Å². The van der Waals surface area contributed by atoms with Crippen LogP contribution in [-0.4, -0.2) is 31.8 Å². The number of aryl methyl sites for hydroxylation is 1.